The van der Waals surface area contributed by atoms with Gasteiger partial charge >= 0.3 is 0 Å². The third-order valence-electron chi connectivity index (χ3n) is 3.31. The molecular formula is C18H16ClN3O2S. The van der Waals surface area contributed by atoms with Crippen LogP contribution in [0.5, 0.6) is 5.75 Å². The van der Waals surface area contributed by atoms with Crippen LogP contribution in [0.25, 0.3) is 11.4 Å². The molecule has 0 radical (unpaired) electrons. The normalized spacial score (nSPS) is 10.4. The summed E-state index contributed by atoms with van der Waals surface area (Å²) in [5.74, 6) is 0.659. The van der Waals surface area contributed by atoms with Crippen molar-refractivity contribution in [1.82, 2.24) is 9.97 Å². The van der Waals surface area contributed by atoms with E-state index >= 15 is 0 Å². The van der Waals surface area contributed by atoms with E-state index in [0.717, 1.165) is 17.1 Å². The molecule has 3 aromatic rings. The number of benzene rings is 1. The van der Waals surface area contributed by atoms with Crippen molar-refractivity contribution in [3.63, 3.8) is 0 Å². The van der Waals surface area contributed by atoms with Gasteiger partial charge in [-0.15, -0.1) is 11.3 Å². The predicted octanol–water partition coefficient (Wildman–Crippen LogP) is 4.66. The van der Waals surface area contributed by atoms with Crippen molar-refractivity contribution in [2.24, 2.45) is 0 Å². The average molecular weight is 374 g/mol. The molecule has 3 rings (SSSR count). The summed E-state index contributed by atoms with van der Waals surface area (Å²) in [6, 6.07) is 12.8. The Labute approximate surface area is 154 Å². The summed E-state index contributed by atoms with van der Waals surface area (Å²) < 4.78 is 5.56. The van der Waals surface area contributed by atoms with Gasteiger partial charge in [0.15, 0.2) is 5.13 Å². The van der Waals surface area contributed by atoms with Gasteiger partial charge in [-0.2, -0.15) is 0 Å². The van der Waals surface area contributed by atoms with Crippen molar-refractivity contribution < 1.29 is 9.53 Å². The molecule has 0 aliphatic rings. The van der Waals surface area contributed by atoms with E-state index in [1.807, 2.05) is 23.6 Å². The minimum Gasteiger partial charge on any atom is -0.494 e. The van der Waals surface area contributed by atoms with Crippen LogP contribution in [0.3, 0.4) is 0 Å². The molecule has 2 aromatic heterocycles. The smallest absolute Gasteiger partial charge is 0.226 e. The largest absolute Gasteiger partial charge is 0.494 e. The van der Waals surface area contributed by atoms with Crippen LogP contribution in [0.15, 0.2) is 54.0 Å². The third-order valence-corrected chi connectivity index (χ3v) is 4.32. The van der Waals surface area contributed by atoms with Gasteiger partial charge in [0, 0.05) is 23.0 Å². The van der Waals surface area contributed by atoms with E-state index < -0.39 is 0 Å². The average Bonchev–Trinajstić information content (AvgIpc) is 3.09. The first-order valence-corrected chi connectivity index (χ1v) is 9.01. The number of hydrogen-bond acceptors (Lipinski definition) is 5. The number of pyridine rings is 1. The van der Waals surface area contributed by atoms with E-state index in [2.05, 4.69) is 15.3 Å². The highest BCUT2D eigenvalue weighted by Gasteiger charge is 2.08. The molecule has 1 N–H and O–H groups in total. The summed E-state index contributed by atoms with van der Waals surface area (Å²) in [5.41, 5.74) is 1.54. The van der Waals surface area contributed by atoms with Crippen molar-refractivity contribution in [2.45, 2.75) is 12.8 Å². The Bertz CT molecular complexity index is 822. The standard InChI is InChI=1S/C18H16ClN3O2S/c19-13-6-8-14(9-7-13)24-11-3-5-17(23)22-18-21-16(12-25-18)15-4-1-2-10-20-15/h1-2,4,6-10,12H,3,5,11H2,(H,21,22,23). The lowest BCUT2D eigenvalue weighted by atomic mass is 10.3. The molecule has 7 heteroatoms. The Morgan fingerprint density at radius 3 is 2.76 bits per heavy atom. The number of amides is 1. The molecule has 1 amide bonds. The maximum atomic E-state index is 12.0. The molecule has 0 atom stereocenters. The van der Waals surface area contributed by atoms with Gasteiger partial charge < -0.3 is 10.1 Å². The van der Waals surface area contributed by atoms with Gasteiger partial charge in [0.2, 0.25) is 5.91 Å². The van der Waals surface area contributed by atoms with E-state index in [-0.39, 0.29) is 5.91 Å². The second kappa shape index (κ2) is 8.60. The Balaban J connectivity index is 1.42. The molecule has 0 unspecified atom stereocenters. The zero-order chi connectivity index (χ0) is 17.5. The van der Waals surface area contributed by atoms with Crippen molar-refractivity contribution >= 4 is 34.0 Å². The van der Waals surface area contributed by atoms with Crippen LogP contribution in [-0.2, 0) is 4.79 Å². The van der Waals surface area contributed by atoms with Crippen LogP contribution in [0.2, 0.25) is 5.02 Å². The number of halogens is 1. The highest BCUT2D eigenvalue weighted by Crippen LogP contribution is 2.23. The first-order valence-electron chi connectivity index (χ1n) is 7.76. The van der Waals surface area contributed by atoms with E-state index in [0.29, 0.717) is 29.6 Å². The molecule has 0 aliphatic carbocycles. The molecule has 2 heterocycles. The van der Waals surface area contributed by atoms with Crippen LogP contribution in [-0.4, -0.2) is 22.5 Å². The summed E-state index contributed by atoms with van der Waals surface area (Å²) in [7, 11) is 0. The van der Waals surface area contributed by atoms with Crippen LogP contribution < -0.4 is 10.1 Å². The van der Waals surface area contributed by atoms with Gasteiger partial charge in [-0.05, 0) is 42.8 Å². The number of carbonyl (C=O) groups is 1. The summed E-state index contributed by atoms with van der Waals surface area (Å²) in [5, 5.41) is 5.92. The van der Waals surface area contributed by atoms with E-state index in [1.165, 1.54) is 11.3 Å². The Morgan fingerprint density at radius 2 is 2.00 bits per heavy atom. The lowest BCUT2D eigenvalue weighted by Gasteiger charge is -2.06. The van der Waals surface area contributed by atoms with Crippen LogP contribution in [0.1, 0.15) is 12.8 Å². The van der Waals surface area contributed by atoms with Crippen molar-refractivity contribution in [1.29, 1.82) is 0 Å². The van der Waals surface area contributed by atoms with Gasteiger partial charge in [-0.3, -0.25) is 9.78 Å². The molecule has 0 aliphatic heterocycles. The number of anilines is 1. The van der Waals surface area contributed by atoms with Crippen LogP contribution in [0, 0.1) is 0 Å². The molecule has 128 valence electrons. The summed E-state index contributed by atoms with van der Waals surface area (Å²) in [6.07, 6.45) is 2.70. The molecule has 0 saturated carbocycles. The highest BCUT2D eigenvalue weighted by atomic mass is 35.5. The summed E-state index contributed by atoms with van der Waals surface area (Å²) in [4.78, 5) is 20.6. The molecule has 0 saturated heterocycles. The zero-order valence-corrected chi connectivity index (χ0v) is 14.9. The number of ether oxygens (including phenoxy) is 1. The monoisotopic (exact) mass is 373 g/mol. The van der Waals surface area contributed by atoms with E-state index in [4.69, 9.17) is 16.3 Å². The number of carbonyl (C=O) groups excluding carboxylic acids is 1. The minimum absolute atomic E-state index is 0.0818. The van der Waals surface area contributed by atoms with Gasteiger partial charge in [-0.25, -0.2) is 4.98 Å². The summed E-state index contributed by atoms with van der Waals surface area (Å²) >= 11 is 7.20. The maximum Gasteiger partial charge on any atom is 0.226 e. The molecule has 0 bridgehead atoms. The number of aromatic nitrogens is 2. The van der Waals surface area contributed by atoms with Gasteiger partial charge in [0.1, 0.15) is 11.4 Å². The van der Waals surface area contributed by atoms with Gasteiger partial charge in [-0.1, -0.05) is 17.7 Å². The van der Waals surface area contributed by atoms with Crippen molar-refractivity contribution in [2.75, 3.05) is 11.9 Å². The van der Waals surface area contributed by atoms with Crippen molar-refractivity contribution in [3.05, 3.63) is 59.1 Å². The quantitative estimate of drug-likeness (QED) is 0.612. The fraction of sp³-hybridized carbons (Fsp3) is 0.167. The summed E-state index contributed by atoms with van der Waals surface area (Å²) in [6.45, 7) is 0.464. The molecule has 5 nitrogen and oxygen atoms in total. The van der Waals surface area contributed by atoms with Gasteiger partial charge in [0.25, 0.3) is 0 Å². The molecule has 25 heavy (non-hydrogen) atoms. The number of rotatable bonds is 7. The van der Waals surface area contributed by atoms with Crippen LogP contribution in [0.4, 0.5) is 5.13 Å². The Kier molecular flexibility index (Phi) is 5.98. The number of thiazole rings is 1. The first kappa shape index (κ1) is 17.4. The first-order chi connectivity index (χ1) is 12.2. The fourth-order valence-electron chi connectivity index (χ4n) is 2.10. The zero-order valence-electron chi connectivity index (χ0n) is 13.3. The number of nitrogens with zero attached hydrogens (tertiary/aromatic N) is 2. The second-order valence-electron chi connectivity index (χ2n) is 5.21. The lowest BCUT2D eigenvalue weighted by Crippen LogP contribution is -2.12. The fourth-order valence-corrected chi connectivity index (χ4v) is 2.94. The SMILES string of the molecule is O=C(CCCOc1ccc(Cl)cc1)Nc1nc(-c2ccccn2)cs1. The highest BCUT2D eigenvalue weighted by molar-refractivity contribution is 7.14. The molecular weight excluding hydrogens is 358 g/mol. The van der Waals surface area contributed by atoms with Crippen molar-refractivity contribution in [3.8, 4) is 17.1 Å². The van der Waals surface area contributed by atoms with Gasteiger partial charge in [0.05, 0.1) is 12.3 Å². The van der Waals surface area contributed by atoms with E-state index in [1.54, 1.807) is 30.5 Å². The Morgan fingerprint density at radius 1 is 1.16 bits per heavy atom. The van der Waals surface area contributed by atoms with E-state index in [9.17, 15) is 4.79 Å². The molecule has 0 spiro atoms. The van der Waals surface area contributed by atoms with Crippen LogP contribution >= 0.6 is 22.9 Å². The third kappa shape index (κ3) is 5.27. The Hall–Kier alpha value is -2.44. The number of nitrogens with one attached hydrogen (secondary N) is 1. The number of hydrogen-bond donors (Lipinski definition) is 1. The molecule has 0 fully saturated rings. The topological polar surface area (TPSA) is 64.1 Å². The lowest BCUT2D eigenvalue weighted by molar-refractivity contribution is -0.116. The molecule has 1 aromatic carbocycles. The second-order valence-corrected chi connectivity index (χ2v) is 6.50. The minimum atomic E-state index is -0.0818. The predicted molar refractivity (Wildman–Crippen MR) is 100 cm³/mol. The maximum absolute atomic E-state index is 12.0.